The Morgan fingerprint density at radius 2 is 2.03 bits per heavy atom. The van der Waals surface area contributed by atoms with Crippen molar-refractivity contribution in [3.63, 3.8) is 0 Å². The minimum Gasteiger partial charge on any atom is -0.373 e. The highest BCUT2D eigenvalue weighted by Crippen LogP contribution is 2.29. The monoisotopic (exact) mass is 399 g/mol. The summed E-state index contributed by atoms with van der Waals surface area (Å²) in [6, 6.07) is 3.18. The lowest BCUT2D eigenvalue weighted by Crippen LogP contribution is -2.35. The molecule has 2 aliphatic heterocycles. The Bertz CT molecular complexity index is 1070. The molecule has 0 saturated carbocycles. The third-order valence-corrected chi connectivity index (χ3v) is 5.48. The largest absolute Gasteiger partial charge is 0.373 e. The maximum Gasteiger partial charge on any atom is 0.272 e. The number of aromatic nitrogens is 4. The third kappa shape index (κ3) is 3.02. The molecule has 3 aromatic rings. The Hall–Kier alpha value is -3.07. The number of hydrogen-bond acceptors (Lipinski definition) is 4. The normalized spacial score (nSPS) is 18.2. The number of aryl methyl sites for hydroxylation is 1. The van der Waals surface area contributed by atoms with Gasteiger partial charge in [0.05, 0.1) is 43.2 Å². The second-order valence-electron chi connectivity index (χ2n) is 7.26. The first-order valence-corrected chi connectivity index (χ1v) is 9.57. The standard InChI is InChI=1S/C20H19F2N5O2/c21-13-4-3-5-14(22)19(13)27-17-10-29-9-15(12(17)8-24-27)25-20(28)18-16-6-1-2-7-26(16)11-23-18/h3-5,8,11,15H,1-2,6-7,9-10H2,(H,25,28). The number of para-hydroxylation sites is 1. The first-order chi connectivity index (χ1) is 14.1. The fourth-order valence-corrected chi connectivity index (χ4v) is 4.04. The van der Waals surface area contributed by atoms with Gasteiger partial charge in [-0.05, 0) is 31.4 Å². The van der Waals surface area contributed by atoms with Crippen molar-refractivity contribution >= 4 is 5.91 Å². The molecular weight excluding hydrogens is 380 g/mol. The molecule has 1 aromatic carbocycles. The van der Waals surface area contributed by atoms with E-state index in [1.165, 1.54) is 29.1 Å². The Balaban J connectivity index is 1.44. The predicted octanol–water partition coefficient (Wildman–Crippen LogP) is 2.68. The number of carbonyl (C=O) groups excluding carboxylic acids is 1. The SMILES string of the molecule is O=C(NC1COCc2c1cnn2-c1c(F)cccc1F)c1ncn2c1CCCC2. The van der Waals surface area contributed by atoms with Gasteiger partial charge in [0, 0.05) is 12.1 Å². The molecule has 4 heterocycles. The number of amides is 1. The van der Waals surface area contributed by atoms with E-state index in [1.54, 1.807) is 6.33 Å². The van der Waals surface area contributed by atoms with Crippen LogP contribution < -0.4 is 5.32 Å². The van der Waals surface area contributed by atoms with E-state index >= 15 is 0 Å². The van der Waals surface area contributed by atoms with Gasteiger partial charge in [0.25, 0.3) is 5.91 Å². The summed E-state index contributed by atoms with van der Waals surface area (Å²) in [5.74, 6) is -1.72. The molecule has 2 aromatic heterocycles. The molecule has 1 N–H and O–H groups in total. The molecule has 0 saturated heterocycles. The van der Waals surface area contributed by atoms with Crippen LogP contribution in [-0.2, 0) is 24.3 Å². The van der Waals surface area contributed by atoms with E-state index in [4.69, 9.17) is 4.74 Å². The van der Waals surface area contributed by atoms with E-state index < -0.39 is 17.7 Å². The highest BCUT2D eigenvalue weighted by molar-refractivity contribution is 5.93. The average molecular weight is 399 g/mol. The van der Waals surface area contributed by atoms with Crippen molar-refractivity contribution in [2.45, 2.75) is 38.5 Å². The van der Waals surface area contributed by atoms with Crippen molar-refractivity contribution in [2.24, 2.45) is 0 Å². The number of ether oxygens (including phenoxy) is 1. The van der Waals surface area contributed by atoms with Crippen LogP contribution in [0.15, 0.2) is 30.7 Å². The van der Waals surface area contributed by atoms with Gasteiger partial charge in [-0.1, -0.05) is 6.07 Å². The van der Waals surface area contributed by atoms with Gasteiger partial charge in [0.15, 0.2) is 11.6 Å². The number of fused-ring (bicyclic) bond motifs is 2. The third-order valence-electron chi connectivity index (χ3n) is 5.48. The van der Waals surface area contributed by atoms with Crippen molar-refractivity contribution < 1.29 is 18.3 Å². The number of benzene rings is 1. The average Bonchev–Trinajstić information content (AvgIpc) is 3.33. The lowest BCUT2D eigenvalue weighted by Gasteiger charge is -2.24. The fraction of sp³-hybridized carbons (Fsp3) is 0.350. The van der Waals surface area contributed by atoms with Gasteiger partial charge in [0.2, 0.25) is 0 Å². The molecule has 0 fully saturated rings. The molecule has 0 spiro atoms. The molecular formula is C20H19F2N5O2. The molecule has 5 rings (SSSR count). The van der Waals surface area contributed by atoms with Gasteiger partial charge in [0.1, 0.15) is 11.4 Å². The Morgan fingerprint density at radius 1 is 1.21 bits per heavy atom. The van der Waals surface area contributed by atoms with E-state index in [2.05, 4.69) is 15.4 Å². The minimum atomic E-state index is -0.716. The summed E-state index contributed by atoms with van der Waals surface area (Å²) < 4.78 is 37.2. The Kier molecular flexibility index (Phi) is 4.39. The molecule has 0 radical (unpaired) electrons. The van der Waals surface area contributed by atoms with Crippen molar-refractivity contribution in [3.05, 3.63) is 65.0 Å². The number of hydrogen-bond donors (Lipinski definition) is 1. The summed E-state index contributed by atoms with van der Waals surface area (Å²) in [6.07, 6.45) is 6.15. The summed E-state index contributed by atoms with van der Waals surface area (Å²) >= 11 is 0. The molecule has 1 amide bonds. The highest BCUT2D eigenvalue weighted by atomic mass is 19.1. The molecule has 29 heavy (non-hydrogen) atoms. The van der Waals surface area contributed by atoms with Crippen molar-refractivity contribution in [2.75, 3.05) is 6.61 Å². The van der Waals surface area contributed by atoms with Gasteiger partial charge in [-0.3, -0.25) is 4.79 Å². The Morgan fingerprint density at radius 3 is 2.86 bits per heavy atom. The number of carbonyl (C=O) groups is 1. The van der Waals surface area contributed by atoms with Crippen LogP contribution in [0.5, 0.6) is 0 Å². The van der Waals surface area contributed by atoms with E-state index in [9.17, 15) is 13.6 Å². The molecule has 7 nitrogen and oxygen atoms in total. The van der Waals surface area contributed by atoms with Crippen LogP contribution in [0.1, 0.15) is 46.3 Å². The molecule has 2 aliphatic rings. The first-order valence-electron chi connectivity index (χ1n) is 9.57. The quantitative estimate of drug-likeness (QED) is 0.735. The smallest absolute Gasteiger partial charge is 0.272 e. The highest BCUT2D eigenvalue weighted by Gasteiger charge is 2.30. The lowest BCUT2D eigenvalue weighted by atomic mass is 10.0. The van der Waals surface area contributed by atoms with Gasteiger partial charge in [-0.15, -0.1) is 0 Å². The zero-order valence-electron chi connectivity index (χ0n) is 15.6. The molecule has 0 bridgehead atoms. The van der Waals surface area contributed by atoms with E-state index in [0.29, 0.717) is 17.0 Å². The second kappa shape index (κ2) is 7.07. The zero-order chi connectivity index (χ0) is 20.0. The number of nitrogens with one attached hydrogen (secondary N) is 1. The van der Waals surface area contributed by atoms with E-state index in [-0.39, 0.29) is 24.8 Å². The summed E-state index contributed by atoms with van der Waals surface area (Å²) in [6.45, 7) is 1.27. The maximum atomic E-state index is 14.2. The van der Waals surface area contributed by atoms with Crippen LogP contribution in [-0.4, -0.2) is 31.8 Å². The van der Waals surface area contributed by atoms with Gasteiger partial charge in [-0.25, -0.2) is 18.4 Å². The number of rotatable bonds is 3. The van der Waals surface area contributed by atoms with Crippen LogP contribution in [0, 0.1) is 11.6 Å². The lowest BCUT2D eigenvalue weighted by molar-refractivity contribution is 0.0683. The molecule has 9 heteroatoms. The van der Waals surface area contributed by atoms with Crippen LogP contribution in [0.25, 0.3) is 5.69 Å². The van der Waals surface area contributed by atoms with Crippen LogP contribution in [0.2, 0.25) is 0 Å². The molecule has 1 atom stereocenters. The predicted molar refractivity (Wildman–Crippen MR) is 98.5 cm³/mol. The van der Waals surface area contributed by atoms with Crippen LogP contribution in [0.4, 0.5) is 8.78 Å². The van der Waals surface area contributed by atoms with Gasteiger partial charge < -0.3 is 14.6 Å². The van der Waals surface area contributed by atoms with Crippen molar-refractivity contribution in [1.82, 2.24) is 24.6 Å². The zero-order valence-corrected chi connectivity index (χ0v) is 15.6. The number of nitrogens with zero attached hydrogens (tertiary/aromatic N) is 4. The van der Waals surface area contributed by atoms with Gasteiger partial charge >= 0.3 is 0 Å². The van der Waals surface area contributed by atoms with Crippen molar-refractivity contribution in [1.29, 1.82) is 0 Å². The fourth-order valence-electron chi connectivity index (χ4n) is 4.04. The summed E-state index contributed by atoms with van der Waals surface area (Å²) in [4.78, 5) is 17.1. The van der Waals surface area contributed by atoms with E-state index in [1.807, 2.05) is 4.57 Å². The number of imidazole rings is 1. The van der Waals surface area contributed by atoms with Crippen molar-refractivity contribution in [3.8, 4) is 5.69 Å². The summed E-state index contributed by atoms with van der Waals surface area (Å²) in [7, 11) is 0. The first kappa shape index (κ1) is 18.0. The molecule has 0 aliphatic carbocycles. The Labute approximate surface area is 165 Å². The molecule has 150 valence electrons. The molecule has 1 unspecified atom stereocenters. The number of halogens is 2. The van der Waals surface area contributed by atoms with Crippen LogP contribution in [0.3, 0.4) is 0 Å². The maximum absolute atomic E-state index is 14.2. The topological polar surface area (TPSA) is 74.0 Å². The summed E-state index contributed by atoms with van der Waals surface area (Å²) in [5, 5.41) is 7.11. The van der Waals surface area contributed by atoms with Gasteiger partial charge in [-0.2, -0.15) is 5.10 Å². The summed E-state index contributed by atoms with van der Waals surface area (Å²) in [5.41, 5.74) is 2.30. The minimum absolute atomic E-state index is 0.148. The van der Waals surface area contributed by atoms with E-state index in [0.717, 1.165) is 31.5 Å². The van der Waals surface area contributed by atoms with Crippen LogP contribution >= 0.6 is 0 Å². The second-order valence-corrected chi connectivity index (χ2v) is 7.26.